The molecule has 0 unspecified atom stereocenters. The average Bonchev–Trinajstić information content (AvgIpc) is 2.92. The van der Waals surface area contributed by atoms with Crippen LogP contribution in [0.3, 0.4) is 0 Å². The lowest BCUT2D eigenvalue weighted by molar-refractivity contribution is -0.157. The summed E-state index contributed by atoms with van der Waals surface area (Å²) in [5, 5.41) is 9.73. The van der Waals surface area contributed by atoms with Crippen LogP contribution < -0.4 is 0 Å². The van der Waals surface area contributed by atoms with Gasteiger partial charge in [-0.2, -0.15) is 0 Å². The van der Waals surface area contributed by atoms with Crippen molar-refractivity contribution in [3.8, 4) is 0 Å². The van der Waals surface area contributed by atoms with Crippen molar-refractivity contribution < 1.29 is 14.6 Å². The highest BCUT2D eigenvalue weighted by Crippen LogP contribution is 2.35. The molecule has 4 heteroatoms. The molecule has 0 radical (unpaired) electrons. The number of ether oxygens (including phenoxy) is 1. The third kappa shape index (κ3) is 3.73. The second kappa shape index (κ2) is 6.90. The fraction of sp³-hybridized carbons (Fsp3) is 0.938. The Labute approximate surface area is 122 Å². The lowest BCUT2D eigenvalue weighted by atomic mass is 9.79. The Morgan fingerprint density at radius 2 is 1.90 bits per heavy atom. The molecule has 1 heterocycles. The number of carboxylic acids is 1. The van der Waals surface area contributed by atoms with Gasteiger partial charge in [0.15, 0.2) is 0 Å². The van der Waals surface area contributed by atoms with Crippen LogP contribution in [0.1, 0.15) is 52.4 Å². The van der Waals surface area contributed by atoms with Gasteiger partial charge in [-0.15, -0.1) is 0 Å². The van der Waals surface area contributed by atoms with Crippen LogP contribution in [-0.2, 0) is 9.53 Å². The largest absolute Gasteiger partial charge is 0.481 e. The molecule has 1 aliphatic carbocycles. The van der Waals surface area contributed by atoms with Gasteiger partial charge < -0.3 is 9.84 Å². The average molecular weight is 283 g/mol. The maximum atomic E-state index is 11.8. The summed E-state index contributed by atoms with van der Waals surface area (Å²) in [4.78, 5) is 14.3. The van der Waals surface area contributed by atoms with E-state index in [0.29, 0.717) is 44.6 Å². The Kier molecular flexibility index (Phi) is 5.44. The Morgan fingerprint density at radius 1 is 1.30 bits per heavy atom. The first-order valence-corrected chi connectivity index (χ1v) is 8.09. The van der Waals surface area contributed by atoms with Crippen LogP contribution in [0.4, 0.5) is 0 Å². The predicted octanol–water partition coefficient (Wildman–Crippen LogP) is 2.77. The Hall–Kier alpha value is -0.610. The first kappa shape index (κ1) is 15.8. The number of aliphatic carboxylic acids is 1. The molecule has 0 spiro atoms. The van der Waals surface area contributed by atoms with E-state index in [1.165, 1.54) is 25.7 Å². The molecular weight excluding hydrogens is 254 g/mol. The zero-order valence-electron chi connectivity index (χ0n) is 12.9. The van der Waals surface area contributed by atoms with E-state index in [4.69, 9.17) is 4.74 Å². The molecule has 2 rings (SSSR count). The zero-order chi connectivity index (χ0) is 14.6. The third-order valence-corrected chi connectivity index (χ3v) is 4.85. The Bertz CT molecular complexity index is 318. The summed E-state index contributed by atoms with van der Waals surface area (Å²) < 4.78 is 5.38. The van der Waals surface area contributed by atoms with Gasteiger partial charge in [-0.1, -0.05) is 26.7 Å². The minimum Gasteiger partial charge on any atom is -0.481 e. The van der Waals surface area contributed by atoms with Crippen LogP contribution in [0.15, 0.2) is 0 Å². The highest BCUT2D eigenvalue weighted by molar-refractivity contribution is 5.75. The Balaban J connectivity index is 2.08. The van der Waals surface area contributed by atoms with Gasteiger partial charge in [0.2, 0.25) is 0 Å². The van der Waals surface area contributed by atoms with Gasteiger partial charge in [0.1, 0.15) is 0 Å². The summed E-state index contributed by atoms with van der Waals surface area (Å²) >= 11 is 0. The minimum absolute atomic E-state index is 0.585. The van der Waals surface area contributed by atoms with Crippen molar-refractivity contribution in [2.45, 2.75) is 58.4 Å². The lowest BCUT2D eigenvalue weighted by Gasteiger charge is -2.40. The van der Waals surface area contributed by atoms with Crippen molar-refractivity contribution in [3.05, 3.63) is 0 Å². The number of hydrogen-bond acceptors (Lipinski definition) is 3. The highest BCUT2D eigenvalue weighted by Gasteiger charge is 2.43. The van der Waals surface area contributed by atoms with Gasteiger partial charge >= 0.3 is 5.97 Å². The molecule has 1 aliphatic heterocycles. The fourth-order valence-electron chi connectivity index (χ4n) is 3.67. The molecule has 1 saturated carbocycles. The molecular formula is C16H29NO3. The van der Waals surface area contributed by atoms with Gasteiger partial charge in [0, 0.05) is 32.3 Å². The first-order valence-electron chi connectivity index (χ1n) is 8.09. The molecule has 2 aliphatic rings. The monoisotopic (exact) mass is 283 g/mol. The topological polar surface area (TPSA) is 49.8 Å². The van der Waals surface area contributed by atoms with E-state index in [-0.39, 0.29) is 0 Å². The first-order chi connectivity index (χ1) is 9.53. The molecule has 4 nitrogen and oxygen atoms in total. The van der Waals surface area contributed by atoms with E-state index in [2.05, 4.69) is 18.7 Å². The van der Waals surface area contributed by atoms with Crippen molar-refractivity contribution in [1.29, 1.82) is 0 Å². The van der Waals surface area contributed by atoms with Crippen LogP contribution in [0.2, 0.25) is 0 Å². The second-order valence-corrected chi connectivity index (χ2v) is 6.96. The van der Waals surface area contributed by atoms with Crippen molar-refractivity contribution in [3.63, 3.8) is 0 Å². The van der Waals surface area contributed by atoms with Gasteiger partial charge in [-0.25, -0.2) is 0 Å². The number of nitrogens with zero attached hydrogens (tertiary/aromatic N) is 1. The number of hydrogen-bond donors (Lipinski definition) is 1. The molecule has 20 heavy (non-hydrogen) atoms. The normalized spacial score (nSPS) is 23.6. The molecule has 0 aromatic carbocycles. The minimum atomic E-state index is -0.632. The van der Waals surface area contributed by atoms with E-state index in [9.17, 15) is 9.90 Å². The smallest absolute Gasteiger partial charge is 0.311 e. The summed E-state index contributed by atoms with van der Waals surface area (Å²) in [6.45, 7) is 7.34. The van der Waals surface area contributed by atoms with Crippen molar-refractivity contribution in [2.24, 2.45) is 11.3 Å². The number of carboxylic acid groups (broad SMARTS) is 1. The van der Waals surface area contributed by atoms with Crippen molar-refractivity contribution >= 4 is 5.97 Å². The molecule has 116 valence electrons. The van der Waals surface area contributed by atoms with Gasteiger partial charge in [-0.3, -0.25) is 9.69 Å². The maximum absolute atomic E-state index is 11.8. The molecule has 0 atom stereocenters. The SMILES string of the molecule is CC(C)CN(CC1(C(=O)O)CCOCC1)C1CCCC1. The van der Waals surface area contributed by atoms with Crippen LogP contribution in [-0.4, -0.2) is 48.3 Å². The third-order valence-electron chi connectivity index (χ3n) is 4.85. The van der Waals surface area contributed by atoms with Crippen LogP contribution in [0, 0.1) is 11.3 Å². The molecule has 1 N–H and O–H groups in total. The molecule has 1 saturated heterocycles. The van der Waals surface area contributed by atoms with E-state index in [1.54, 1.807) is 0 Å². The van der Waals surface area contributed by atoms with E-state index < -0.39 is 11.4 Å². The second-order valence-electron chi connectivity index (χ2n) is 6.96. The quantitative estimate of drug-likeness (QED) is 0.814. The summed E-state index contributed by atoms with van der Waals surface area (Å²) in [6.07, 6.45) is 6.37. The predicted molar refractivity (Wildman–Crippen MR) is 78.8 cm³/mol. The highest BCUT2D eigenvalue weighted by atomic mass is 16.5. The van der Waals surface area contributed by atoms with E-state index in [0.717, 1.165) is 6.54 Å². The summed E-state index contributed by atoms with van der Waals surface area (Å²) in [5.41, 5.74) is -0.588. The van der Waals surface area contributed by atoms with Crippen molar-refractivity contribution in [2.75, 3.05) is 26.3 Å². The standard InChI is InChI=1S/C16H29NO3/c1-13(2)11-17(14-5-3-4-6-14)12-16(15(18)19)7-9-20-10-8-16/h13-14H,3-12H2,1-2H3,(H,18,19). The lowest BCUT2D eigenvalue weighted by Crippen LogP contribution is -2.50. The molecule has 0 bridgehead atoms. The van der Waals surface area contributed by atoms with Gasteiger partial charge in [0.25, 0.3) is 0 Å². The summed E-state index contributed by atoms with van der Waals surface area (Å²) in [5.74, 6) is -0.0474. The Morgan fingerprint density at radius 3 is 2.40 bits per heavy atom. The maximum Gasteiger partial charge on any atom is 0.311 e. The van der Waals surface area contributed by atoms with E-state index >= 15 is 0 Å². The number of rotatable bonds is 6. The molecule has 0 amide bonds. The molecule has 0 aromatic heterocycles. The van der Waals surface area contributed by atoms with Gasteiger partial charge in [-0.05, 0) is 31.6 Å². The van der Waals surface area contributed by atoms with Gasteiger partial charge in [0.05, 0.1) is 5.41 Å². The molecule has 2 fully saturated rings. The van der Waals surface area contributed by atoms with Crippen LogP contribution in [0.5, 0.6) is 0 Å². The molecule has 0 aromatic rings. The zero-order valence-corrected chi connectivity index (χ0v) is 12.9. The van der Waals surface area contributed by atoms with Crippen LogP contribution in [0.25, 0.3) is 0 Å². The number of carbonyl (C=O) groups is 1. The fourth-order valence-corrected chi connectivity index (χ4v) is 3.67. The van der Waals surface area contributed by atoms with Crippen LogP contribution >= 0.6 is 0 Å². The van der Waals surface area contributed by atoms with Crippen molar-refractivity contribution in [1.82, 2.24) is 4.90 Å². The summed E-state index contributed by atoms with van der Waals surface area (Å²) in [7, 11) is 0. The summed E-state index contributed by atoms with van der Waals surface area (Å²) in [6, 6.07) is 0.594. The van der Waals surface area contributed by atoms with E-state index in [1.807, 2.05) is 0 Å².